The van der Waals surface area contributed by atoms with E-state index in [1.807, 2.05) is 44.4 Å². The lowest BCUT2D eigenvalue weighted by Crippen LogP contribution is -2.03. The predicted molar refractivity (Wildman–Crippen MR) is 85.1 cm³/mol. The number of benzene rings is 2. The van der Waals surface area contributed by atoms with Crippen molar-refractivity contribution in [3.05, 3.63) is 53.6 Å². The predicted octanol–water partition coefficient (Wildman–Crippen LogP) is 3.07. The van der Waals surface area contributed by atoms with Gasteiger partial charge in [0.2, 0.25) is 0 Å². The molecule has 0 atom stereocenters. The monoisotopic (exact) mass is 282 g/mol. The normalized spacial score (nSPS) is 10.6. The van der Waals surface area contributed by atoms with Crippen LogP contribution < -0.4 is 4.74 Å². The van der Waals surface area contributed by atoms with E-state index in [-0.39, 0.29) is 0 Å². The van der Waals surface area contributed by atoms with Gasteiger partial charge in [-0.3, -0.25) is 4.79 Å². The molecule has 0 heterocycles. The summed E-state index contributed by atoms with van der Waals surface area (Å²) in [4.78, 5) is 10.8. The molecule has 2 aromatic carbocycles. The summed E-state index contributed by atoms with van der Waals surface area (Å²) in [6, 6.07) is 13.3. The summed E-state index contributed by atoms with van der Waals surface area (Å²) in [5.74, 6) is 0.762. The Bertz CT molecular complexity index is 646. The maximum Gasteiger partial charge on any atom is 0.150 e. The number of hydrogen-bond acceptors (Lipinski definition) is 4. The van der Waals surface area contributed by atoms with Crippen molar-refractivity contribution in [1.29, 1.82) is 0 Å². The molecule has 0 aliphatic carbocycles. The van der Waals surface area contributed by atoms with Gasteiger partial charge in [-0.25, -0.2) is 0 Å². The summed E-state index contributed by atoms with van der Waals surface area (Å²) in [7, 11) is 5.37. The summed E-state index contributed by atoms with van der Waals surface area (Å²) < 4.78 is 5.42. The van der Waals surface area contributed by atoms with Crippen LogP contribution in [0.1, 0.15) is 15.9 Å². The third-order valence-electron chi connectivity index (χ3n) is 3.06. The van der Waals surface area contributed by atoms with Gasteiger partial charge in [-0.15, -0.1) is 0 Å². The zero-order valence-electron chi connectivity index (χ0n) is 12.4. The fourth-order valence-corrected chi connectivity index (χ4v) is 2.02. The number of aldehydes is 1. The van der Waals surface area contributed by atoms with E-state index in [2.05, 4.69) is 5.10 Å². The first-order chi connectivity index (χ1) is 10.2. The Morgan fingerprint density at radius 2 is 1.81 bits per heavy atom. The van der Waals surface area contributed by atoms with Crippen molar-refractivity contribution in [3.63, 3.8) is 0 Å². The highest BCUT2D eigenvalue weighted by Gasteiger charge is 2.09. The van der Waals surface area contributed by atoms with E-state index in [0.29, 0.717) is 5.56 Å². The van der Waals surface area contributed by atoms with Crippen molar-refractivity contribution in [2.24, 2.45) is 5.10 Å². The Labute approximate surface area is 124 Å². The first kappa shape index (κ1) is 14.8. The first-order valence-electron chi connectivity index (χ1n) is 6.59. The fourth-order valence-electron chi connectivity index (χ4n) is 2.02. The van der Waals surface area contributed by atoms with Crippen molar-refractivity contribution in [3.8, 4) is 16.9 Å². The lowest BCUT2D eigenvalue weighted by molar-refractivity contribution is 0.112. The van der Waals surface area contributed by atoms with Gasteiger partial charge in [0.05, 0.1) is 13.3 Å². The van der Waals surface area contributed by atoms with Crippen LogP contribution in [-0.4, -0.2) is 38.7 Å². The SMILES string of the molecule is COc1cccc(-c2ccc(C=O)cc2)c1/C=N/N(C)C. The standard InChI is InChI=1S/C17H18N2O2/c1-19(2)18-11-16-15(5-4-6-17(16)21-3)14-9-7-13(12-20)8-10-14/h4-12H,1-3H3/b18-11+. The zero-order chi connectivity index (χ0) is 15.2. The smallest absolute Gasteiger partial charge is 0.150 e. The van der Waals surface area contributed by atoms with Gasteiger partial charge in [-0.05, 0) is 17.2 Å². The van der Waals surface area contributed by atoms with Crippen molar-refractivity contribution in [2.75, 3.05) is 21.2 Å². The van der Waals surface area contributed by atoms with Crippen molar-refractivity contribution < 1.29 is 9.53 Å². The van der Waals surface area contributed by atoms with Crippen LogP contribution in [0.4, 0.5) is 0 Å². The highest BCUT2D eigenvalue weighted by Crippen LogP contribution is 2.29. The Kier molecular flexibility index (Phi) is 4.72. The van der Waals surface area contributed by atoms with Crippen LogP contribution in [-0.2, 0) is 0 Å². The van der Waals surface area contributed by atoms with Crippen molar-refractivity contribution in [1.82, 2.24) is 5.01 Å². The lowest BCUT2D eigenvalue weighted by atomic mass is 9.98. The number of rotatable bonds is 5. The summed E-state index contributed by atoms with van der Waals surface area (Å²) in [6.07, 6.45) is 2.62. The van der Waals surface area contributed by atoms with E-state index in [9.17, 15) is 4.79 Å². The van der Waals surface area contributed by atoms with Crippen LogP contribution in [0.3, 0.4) is 0 Å². The van der Waals surface area contributed by atoms with Gasteiger partial charge in [0, 0.05) is 25.2 Å². The highest BCUT2D eigenvalue weighted by molar-refractivity contribution is 5.93. The molecule has 0 amide bonds. The minimum atomic E-state index is 0.658. The van der Waals surface area contributed by atoms with E-state index >= 15 is 0 Å². The number of hydrogen-bond donors (Lipinski definition) is 0. The van der Waals surface area contributed by atoms with E-state index in [1.54, 1.807) is 30.5 Å². The summed E-state index contributed by atoms with van der Waals surface area (Å²) in [6.45, 7) is 0. The molecule has 0 aliphatic heterocycles. The fraction of sp³-hybridized carbons (Fsp3) is 0.176. The molecular weight excluding hydrogens is 264 g/mol. The molecule has 0 bridgehead atoms. The van der Waals surface area contributed by atoms with Gasteiger partial charge in [-0.1, -0.05) is 36.4 Å². The van der Waals surface area contributed by atoms with Crippen LogP contribution in [0, 0.1) is 0 Å². The molecule has 0 unspecified atom stereocenters. The number of ether oxygens (including phenoxy) is 1. The average Bonchev–Trinajstić information content (AvgIpc) is 2.52. The number of nitrogens with zero attached hydrogens (tertiary/aromatic N) is 2. The van der Waals surface area contributed by atoms with E-state index in [0.717, 1.165) is 28.7 Å². The Morgan fingerprint density at radius 1 is 1.10 bits per heavy atom. The Balaban J connectivity index is 2.53. The molecule has 2 rings (SSSR count). The average molecular weight is 282 g/mol. The molecule has 108 valence electrons. The van der Waals surface area contributed by atoms with Gasteiger partial charge in [0.15, 0.2) is 0 Å². The first-order valence-corrected chi connectivity index (χ1v) is 6.59. The zero-order valence-corrected chi connectivity index (χ0v) is 12.4. The number of carbonyl (C=O) groups is 1. The van der Waals surface area contributed by atoms with Crippen LogP contribution >= 0.6 is 0 Å². The van der Waals surface area contributed by atoms with E-state index in [4.69, 9.17) is 4.74 Å². The van der Waals surface area contributed by atoms with E-state index in [1.165, 1.54) is 0 Å². The maximum absolute atomic E-state index is 10.8. The van der Waals surface area contributed by atoms with Gasteiger partial charge < -0.3 is 9.75 Å². The van der Waals surface area contributed by atoms with Crippen LogP contribution in [0.5, 0.6) is 5.75 Å². The molecule has 0 spiro atoms. The van der Waals surface area contributed by atoms with Crippen molar-refractivity contribution in [2.45, 2.75) is 0 Å². The number of carbonyl (C=O) groups excluding carboxylic acids is 1. The largest absolute Gasteiger partial charge is 0.496 e. The van der Waals surface area contributed by atoms with Crippen LogP contribution in [0.25, 0.3) is 11.1 Å². The molecular formula is C17H18N2O2. The molecule has 0 fully saturated rings. The van der Waals surface area contributed by atoms with Gasteiger partial charge in [0.1, 0.15) is 12.0 Å². The summed E-state index contributed by atoms with van der Waals surface area (Å²) >= 11 is 0. The van der Waals surface area contributed by atoms with Gasteiger partial charge >= 0.3 is 0 Å². The third kappa shape index (κ3) is 3.48. The molecule has 21 heavy (non-hydrogen) atoms. The Hall–Kier alpha value is -2.62. The minimum Gasteiger partial charge on any atom is -0.496 e. The molecule has 4 nitrogen and oxygen atoms in total. The highest BCUT2D eigenvalue weighted by atomic mass is 16.5. The van der Waals surface area contributed by atoms with Crippen LogP contribution in [0.15, 0.2) is 47.6 Å². The number of hydrazone groups is 1. The number of methoxy groups -OCH3 is 1. The molecule has 0 aliphatic rings. The summed E-state index contributed by atoms with van der Waals surface area (Å²) in [5.41, 5.74) is 3.59. The molecule has 0 aromatic heterocycles. The quantitative estimate of drug-likeness (QED) is 0.481. The third-order valence-corrected chi connectivity index (χ3v) is 3.06. The summed E-state index contributed by atoms with van der Waals surface area (Å²) in [5, 5.41) is 6.02. The molecule has 2 aromatic rings. The molecule has 0 N–H and O–H groups in total. The Morgan fingerprint density at radius 3 is 2.38 bits per heavy atom. The molecule has 0 radical (unpaired) electrons. The molecule has 0 saturated carbocycles. The second-order valence-corrected chi connectivity index (χ2v) is 4.75. The lowest BCUT2D eigenvalue weighted by Gasteiger charge is -2.12. The topological polar surface area (TPSA) is 41.9 Å². The van der Waals surface area contributed by atoms with Crippen molar-refractivity contribution >= 4 is 12.5 Å². The van der Waals surface area contributed by atoms with Gasteiger partial charge in [-0.2, -0.15) is 5.10 Å². The second-order valence-electron chi connectivity index (χ2n) is 4.75. The minimum absolute atomic E-state index is 0.658. The van der Waals surface area contributed by atoms with Crippen LogP contribution in [0.2, 0.25) is 0 Å². The molecule has 4 heteroatoms. The molecule has 0 saturated heterocycles. The van der Waals surface area contributed by atoms with E-state index < -0.39 is 0 Å². The maximum atomic E-state index is 10.8. The second kappa shape index (κ2) is 6.70. The van der Waals surface area contributed by atoms with Gasteiger partial charge in [0.25, 0.3) is 0 Å².